The quantitative estimate of drug-likeness (QED) is 0.473. The number of aliphatic imine (C=N–C) groups is 1. The SMILES string of the molecule is Cc1cc(C2CCNCC2)c(C(F)(F)F)cc1C(=O)N/C(N)=N/C(=O)OCc1ccccc1. The highest BCUT2D eigenvalue weighted by molar-refractivity contribution is 6.07. The van der Waals surface area contributed by atoms with Crippen LogP contribution >= 0.6 is 0 Å². The third-order valence-corrected chi connectivity index (χ3v) is 5.38. The highest BCUT2D eigenvalue weighted by Crippen LogP contribution is 2.39. The molecule has 4 N–H and O–H groups in total. The predicted octanol–water partition coefficient (Wildman–Crippen LogP) is 3.86. The summed E-state index contributed by atoms with van der Waals surface area (Å²) in [5.74, 6) is -1.72. The predicted molar refractivity (Wildman–Crippen MR) is 117 cm³/mol. The molecule has 2 aromatic carbocycles. The van der Waals surface area contributed by atoms with E-state index in [1.54, 1.807) is 31.2 Å². The molecular formula is C23H25F3N4O3. The monoisotopic (exact) mass is 462 g/mol. The lowest BCUT2D eigenvalue weighted by molar-refractivity contribution is -0.138. The van der Waals surface area contributed by atoms with Gasteiger partial charge in [0.05, 0.1) is 5.56 Å². The maximum Gasteiger partial charge on any atom is 0.437 e. The Labute approximate surface area is 189 Å². The van der Waals surface area contributed by atoms with Gasteiger partial charge >= 0.3 is 12.3 Å². The largest absolute Gasteiger partial charge is 0.443 e. The Bertz CT molecular complexity index is 1030. The Morgan fingerprint density at radius 2 is 1.85 bits per heavy atom. The van der Waals surface area contributed by atoms with E-state index in [2.05, 4.69) is 15.6 Å². The number of hydrogen-bond acceptors (Lipinski definition) is 4. The van der Waals surface area contributed by atoms with Crippen LogP contribution in [0.2, 0.25) is 0 Å². The van der Waals surface area contributed by atoms with Crippen LogP contribution in [0, 0.1) is 6.92 Å². The van der Waals surface area contributed by atoms with E-state index in [9.17, 15) is 22.8 Å². The van der Waals surface area contributed by atoms with Crippen molar-refractivity contribution in [1.82, 2.24) is 10.6 Å². The van der Waals surface area contributed by atoms with Crippen molar-refractivity contribution in [1.29, 1.82) is 0 Å². The van der Waals surface area contributed by atoms with E-state index in [-0.39, 0.29) is 23.7 Å². The normalized spacial score (nSPS) is 15.2. The second-order valence-corrected chi connectivity index (χ2v) is 7.77. The number of alkyl halides is 3. The minimum atomic E-state index is -4.62. The van der Waals surface area contributed by atoms with Crippen molar-refractivity contribution < 1.29 is 27.5 Å². The number of amides is 2. The number of nitrogens with one attached hydrogen (secondary N) is 2. The second kappa shape index (κ2) is 10.5. The zero-order valence-corrected chi connectivity index (χ0v) is 18.0. The van der Waals surface area contributed by atoms with Gasteiger partial charge in [-0.2, -0.15) is 13.2 Å². The highest BCUT2D eigenvalue weighted by atomic mass is 19.4. The van der Waals surface area contributed by atoms with Crippen molar-refractivity contribution in [3.8, 4) is 0 Å². The summed E-state index contributed by atoms with van der Waals surface area (Å²) in [4.78, 5) is 27.8. The summed E-state index contributed by atoms with van der Waals surface area (Å²) in [6.45, 7) is 2.78. The van der Waals surface area contributed by atoms with Crippen molar-refractivity contribution >= 4 is 18.0 Å². The summed E-state index contributed by atoms with van der Waals surface area (Å²) in [5, 5.41) is 5.29. The van der Waals surface area contributed by atoms with Gasteiger partial charge < -0.3 is 15.8 Å². The van der Waals surface area contributed by atoms with Crippen molar-refractivity contribution in [2.75, 3.05) is 13.1 Å². The molecule has 1 aliphatic heterocycles. The number of aryl methyl sites for hydroxylation is 1. The zero-order chi connectivity index (χ0) is 24.0. The fourth-order valence-electron chi connectivity index (χ4n) is 3.75. The van der Waals surface area contributed by atoms with Gasteiger partial charge in [-0.25, -0.2) is 4.79 Å². The lowest BCUT2D eigenvalue weighted by atomic mass is 9.84. The van der Waals surface area contributed by atoms with Crippen LogP contribution in [0.1, 0.15) is 51.4 Å². The first-order valence-electron chi connectivity index (χ1n) is 10.4. The Balaban J connectivity index is 1.74. The molecule has 33 heavy (non-hydrogen) atoms. The third-order valence-electron chi connectivity index (χ3n) is 5.38. The van der Waals surface area contributed by atoms with Gasteiger partial charge in [0.2, 0.25) is 5.96 Å². The molecule has 176 valence electrons. The molecule has 0 aliphatic carbocycles. The minimum Gasteiger partial charge on any atom is -0.443 e. The van der Waals surface area contributed by atoms with Crippen LogP contribution in [0.3, 0.4) is 0 Å². The van der Waals surface area contributed by atoms with Crippen LogP contribution in [0.5, 0.6) is 0 Å². The number of nitrogens with zero attached hydrogens (tertiary/aromatic N) is 1. The fraction of sp³-hybridized carbons (Fsp3) is 0.348. The molecule has 0 atom stereocenters. The summed E-state index contributed by atoms with van der Waals surface area (Å²) in [6.07, 6.45) is -4.49. The van der Waals surface area contributed by atoms with Crippen LogP contribution in [0.25, 0.3) is 0 Å². The average molecular weight is 462 g/mol. The van der Waals surface area contributed by atoms with Gasteiger partial charge in [0.25, 0.3) is 5.91 Å². The van der Waals surface area contributed by atoms with Crippen molar-refractivity contribution in [2.45, 2.75) is 38.5 Å². The average Bonchev–Trinajstić information content (AvgIpc) is 2.77. The summed E-state index contributed by atoms with van der Waals surface area (Å²) in [5.41, 5.74) is 5.83. The summed E-state index contributed by atoms with van der Waals surface area (Å²) < 4.78 is 46.3. The Morgan fingerprint density at radius 1 is 1.18 bits per heavy atom. The third kappa shape index (κ3) is 6.55. The molecular weight excluding hydrogens is 437 g/mol. The molecule has 2 amide bonds. The first kappa shape index (κ1) is 24.2. The zero-order valence-electron chi connectivity index (χ0n) is 18.0. The van der Waals surface area contributed by atoms with Gasteiger partial charge in [-0.3, -0.25) is 10.1 Å². The van der Waals surface area contributed by atoms with Gasteiger partial charge in [0.15, 0.2) is 0 Å². The molecule has 3 rings (SSSR count). The lowest BCUT2D eigenvalue weighted by Gasteiger charge is -2.27. The van der Waals surface area contributed by atoms with E-state index in [0.717, 1.165) is 11.6 Å². The number of hydrogen-bond donors (Lipinski definition) is 3. The topological polar surface area (TPSA) is 106 Å². The molecule has 10 heteroatoms. The summed E-state index contributed by atoms with van der Waals surface area (Å²) >= 11 is 0. The van der Waals surface area contributed by atoms with Gasteiger partial charge in [-0.1, -0.05) is 36.4 Å². The van der Waals surface area contributed by atoms with Crippen molar-refractivity contribution in [3.05, 3.63) is 70.3 Å². The smallest absolute Gasteiger partial charge is 0.437 e. The van der Waals surface area contributed by atoms with E-state index in [1.807, 2.05) is 6.07 Å². The van der Waals surface area contributed by atoms with Crippen LogP contribution in [0.15, 0.2) is 47.5 Å². The molecule has 1 saturated heterocycles. The molecule has 0 unspecified atom stereocenters. The molecule has 0 bridgehead atoms. The summed E-state index contributed by atoms with van der Waals surface area (Å²) in [7, 11) is 0. The van der Waals surface area contributed by atoms with Crippen LogP contribution in [0.4, 0.5) is 18.0 Å². The minimum absolute atomic E-state index is 0.0450. The molecule has 1 fully saturated rings. The lowest BCUT2D eigenvalue weighted by Crippen LogP contribution is -2.38. The molecule has 7 nitrogen and oxygen atoms in total. The van der Waals surface area contributed by atoms with Crippen LogP contribution < -0.4 is 16.4 Å². The molecule has 0 saturated carbocycles. The molecule has 1 heterocycles. The van der Waals surface area contributed by atoms with E-state index in [0.29, 0.717) is 31.5 Å². The first-order valence-corrected chi connectivity index (χ1v) is 10.4. The highest BCUT2D eigenvalue weighted by Gasteiger charge is 2.37. The number of piperidine rings is 1. The van der Waals surface area contributed by atoms with Crippen LogP contribution in [-0.4, -0.2) is 31.0 Å². The van der Waals surface area contributed by atoms with Gasteiger partial charge in [0, 0.05) is 5.56 Å². The number of carbonyl (C=O) groups excluding carboxylic acids is 2. The molecule has 2 aromatic rings. The van der Waals surface area contributed by atoms with Crippen molar-refractivity contribution in [2.24, 2.45) is 10.7 Å². The van der Waals surface area contributed by atoms with Gasteiger partial charge in [-0.15, -0.1) is 4.99 Å². The number of guanidine groups is 1. The maximum absolute atomic E-state index is 13.8. The number of nitrogens with two attached hydrogens (primary N) is 1. The first-order chi connectivity index (χ1) is 15.6. The Kier molecular flexibility index (Phi) is 7.70. The Morgan fingerprint density at radius 3 is 2.48 bits per heavy atom. The second-order valence-electron chi connectivity index (χ2n) is 7.77. The molecule has 1 aliphatic rings. The molecule has 0 aromatic heterocycles. The van der Waals surface area contributed by atoms with E-state index >= 15 is 0 Å². The van der Waals surface area contributed by atoms with E-state index in [1.165, 1.54) is 6.07 Å². The standard InChI is InChI=1S/C23H25F3N4O3/c1-14-11-18(16-7-9-28-10-8-16)19(23(24,25)26)12-17(14)20(31)29-21(27)30-22(32)33-13-15-5-3-2-4-6-15/h2-6,11-12,16,28H,7-10,13H2,1H3,(H3,27,29,30,31,32). The fourth-order valence-corrected chi connectivity index (χ4v) is 3.75. The van der Waals surface area contributed by atoms with Crippen molar-refractivity contribution in [3.63, 3.8) is 0 Å². The number of rotatable bonds is 4. The van der Waals surface area contributed by atoms with Crippen LogP contribution in [-0.2, 0) is 17.5 Å². The Hall–Kier alpha value is -3.40. The number of benzene rings is 2. The number of halogens is 3. The van der Waals surface area contributed by atoms with Gasteiger partial charge in [-0.05, 0) is 61.5 Å². The molecule has 0 radical (unpaired) electrons. The molecule has 0 spiro atoms. The van der Waals surface area contributed by atoms with E-state index < -0.39 is 29.7 Å². The number of carbonyl (C=O) groups is 2. The van der Waals surface area contributed by atoms with Gasteiger partial charge in [0.1, 0.15) is 6.61 Å². The maximum atomic E-state index is 13.8. The number of ether oxygens (including phenoxy) is 1. The summed E-state index contributed by atoms with van der Waals surface area (Å²) in [6, 6.07) is 11.1. The van der Waals surface area contributed by atoms with E-state index in [4.69, 9.17) is 10.5 Å².